The summed E-state index contributed by atoms with van der Waals surface area (Å²) >= 11 is 0. The smallest absolute Gasteiger partial charge is 0.335 e. The van der Waals surface area contributed by atoms with Crippen molar-refractivity contribution in [2.75, 3.05) is 0 Å². The minimum atomic E-state index is -0.960. The second-order valence-electron chi connectivity index (χ2n) is 5.20. The van der Waals surface area contributed by atoms with E-state index in [9.17, 15) is 9.90 Å². The van der Waals surface area contributed by atoms with Gasteiger partial charge in [0.1, 0.15) is 12.1 Å². The zero-order valence-electron chi connectivity index (χ0n) is 12.1. The van der Waals surface area contributed by atoms with E-state index in [-0.39, 0.29) is 5.56 Å². The Kier molecular flexibility index (Phi) is 2.97. The molecule has 3 aromatic rings. The first-order valence-electron chi connectivity index (χ1n) is 6.62. The minimum absolute atomic E-state index is 0.225. The van der Waals surface area contributed by atoms with E-state index in [0.717, 1.165) is 16.6 Å². The molecule has 1 N–H and O–H groups in total. The number of hydrogen-bond donors (Lipinski definition) is 1. The minimum Gasteiger partial charge on any atom is -0.478 e. The van der Waals surface area contributed by atoms with Crippen LogP contribution in [0.3, 0.4) is 0 Å². The van der Waals surface area contributed by atoms with Crippen molar-refractivity contribution in [3.8, 4) is 5.82 Å². The van der Waals surface area contributed by atoms with Crippen LogP contribution in [0.1, 0.15) is 27.2 Å². The summed E-state index contributed by atoms with van der Waals surface area (Å²) in [7, 11) is 0. The van der Waals surface area contributed by atoms with Gasteiger partial charge in [-0.2, -0.15) is 0 Å². The number of hydrogen-bond acceptors (Lipinski definition) is 3. The van der Waals surface area contributed by atoms with Gasteiger partial charge >= 0.3 is 5.97 Å². The van der Waals surface area contributed by atoms with E-state index in [2.05, 4.69) is 9.97 Å². The molecular weight excluding hydrogens is 266 g/mol. The topological polar surface area (TPSA) is 68.0 Å². The van der Waals surface area contributed by atoms with Crippen molar-refractivity contribution in [2.24, 2.45) is 0 Å². The highest BCUT2D eigenvalue weighted by Crippen LogP contribution is 2.21. The monoisotopic (exact) mass is 281 g/mol. The Bertz CT molecular complexity index is 865. The van der Waals surface area contributed by atoms with E-state index in [0.29, 0.717) is 11.5 Å². The van der Waals surface area contributed by atoms with E-state index in [4.69, 9.17) is 0 Å². The van der Waals surface area contributed by atoms with Gasteiger partial charge in [0, 0.05) is 5.69 Å². The van der Waals surface area contributed by atoms with Gasteiger partial charge < -0.3 is 5.11 Å². The highest BCUT2D eigenvalue weighted by Gasteiger charge is 2.11. The maximum atomic E-state index is 11.2. The van der Waals surface area contributed by atoms with Crippen molar-refractivity contribution >= 4 is 17.0 Å². The van der Waals surface area contributed by atoms with Crippen LogP contribution >= 0.6 is 0 Å². The molecule has 21 heavy (non-hydrogen) atoms. The molecule has 1 aromatic carbocycles. The molecule has 0 unspecified atom stereocenters. The number of aromatic nitrogens is 3. The second-order valence-corrected chi connectivity index (χ2v) is 5.20. The fourth-order valence-electron chi connectivity index (χ4n) is 2.34. The lowest BCUT2D eigenvalue weighted by molar-refractivity contribution is 0.0696. The summed E-state index contributed by atoms with van der Waals surface area (Å²) in [5.41, 5.74) is 5.02. The zero-order chi connectivity index (χ0) is 15.1. The molecule has 3 rings (SSSR count). The normalized spacial score (nSPS) is 11.0. The third-order valence-electron chi connectivity index (χ3n) is 3.60. The summed E-state index contributed by atoms with van der Waals surface area (Å²) in [5, 5.41) is 9.17. The van der Waals surface area contributed by atoms with Crippen LogP contribution in [0.25, 0.3) is 16.9 Å². The lowest BCUT2D eigenvalue weighted by Crippen LogP contribution is -2.03. The Morgan fingerprint density at radius 2 is 1.81 bits per heavy atom. The maximum absolute atomic E-state index is 11.2. The number of carboxylic acid groups (broad SMARTS) is 1. The number of fused-ring (bicyclic) bond motifs is 1. The van der Waals surface area contributed by atoms with Crippen LogP contribution in [-0.4, -0.2) is 25.6 Å². The standard InChI is InChI=1S/C16H15N3O2/c1-9-4-13-14(5-10(9)2)19(8-17-13)15-7-12(16(20)21)6-11(3)18-15/h4-8H,1-3H3,(H,20,21). The number of nitrogens with zero attached hydrogens (tertiary/aromatic N) is 3. The molecule has 5 heteroatoms. The average molecular weight is 281 g/mol. The molecule has 0 saturated heterocycles. The highest BCUT2D eigenvalue weighted by molar-refractivity contribution is 5.88. The maximum Gasteiger partial charge on any atom is 0.335 e. The summed E-state index contributed by atoms with van der Waals surface area (Å²) in [6, 6.07) is 7.18. The lowest BCUT2D eigenvalue weighted by Gasteiger charge is -2.07. The summed E-state index contributed by atoms with van der Waals surface area (Å²) in [4.78, 5) is 20.0. The molecular formula is C16H15N3O2. The molecule has 0 saturated carbocycles. The van der Waals surface area contributed by atoms with Gasteiger partial charge in [-0.3, -0.25) is 4.57 Å². The number of carbonyl (C=O) groups is 1. The fraction of sp³-hybridized carbons (Fsp3) is 0.188. The van der Waals surface area contributed by atoms with E-state index < -0.39 is 5.97 Å². The SMILES string of the molecule is Cc1cc(C(=O)O)cc(-n2cnc3cc(C)c(C)cc32)n1. The Morgan fingerprint density at radius 3 is 2.52 bits per heavy atom. The first kappa shape index (κ1) is 13.3. The van der Waals surface area contributed by atoms with E-state index in [1.54, 1.807) is 25.4 Å². The van der Waals surface area contributed by atoms with Crippen LogP contribution in [0.4, 0.5) is 0 Å². The molecule has 0 spiro atoms. The Hall–Kier alpha value is -2.69. The molecule has 0 fully saturated rings. The van der Waals surface area contributed by atoms with Crippen molar-refractivity contribution in [3.05, 3.63) is 53.0 Å². The molecule has 5 nitrogen and oxygen atoms in total. The number of aromatic carboxylic acids is 1. The van der Waals surface area contributed by atoms with Crippen LogP contribution in [0, 0.1) is 20.8 Å². The zero-order valence-corrected chi connectivity index (χ0v) is 12.1. The summed E-state index contributed by atoms with van der Waals surface area (Å²) < 4.78 is 1.82. The van der Waals surface area contributed by atoms with Gasteiger partial charge in [0.15, 0.2) is 0 Å². The lowest BCUT2D eigenvalue weighted by atomic mass is 10.1. The van der Waals surface area contributed by atoms with Gasteiger partial charge in [-0.1, -0.05) is 0 Å². The molecule has 2 aromatic heterocycles. The summed E-state index contributed by atoms with van der Waals surface area (Å²) in [5.74, 6) is -0.392. The number of rotatable bonds is 2. The van der Waals surface area contributed by atoms with Crippen molar-refractivity contribution in [1.29, 1.82) is 0 Å². The van der Waals surface area contributed by atoms with Crippen LogP contribution in [0.2, 0.25) is 0 Å². The Labute approximate surface area is 121 Å². The van der Waals surface area contributed by atoms with E-state index in [1.165, 1.54) is 5.56 Å². The first-order valence-corrected chi connectivity index (χ1v) is 6.62. The van der Waals surface area contributed by atoms with E-state index in [1.807, 2.05) is 30.5 Å². The molecule has 0 aliphatic rings. The third kappa shape index (κ3) is 2.27. The Morgan fingerprint density at radius 1 is 1.10 bits per heavy atom. The van der Waals surface area contributed by atoms with Gasteiger partial charge in [-0.15, -0.1) is 0 Å². The number of carboxylic acids is 1. The van der Waals surface area contributed by atoms with Crippen LogP contribution in [-0.2, 0) is 0 Å². The van der Waals surface area contributed by atoms with Gasteiger partial charge in [0.2, 0.25) is 0 Å². The van der Waals surface area contributed by atoms with Gasteiger partial charge in [0.05, 0.1) is 16.6 Å². The molecule has 0 amide bonds. The third-order valence-corrected chi connectivity index (χ3v) is 3.60. The van der Waals surface area contributed by atoms with Crippen LogP contribution in [0.5, 0.6) is 0 Å². The number of aryl methyl sites for hydroxylation is 3. The van der Waals surface area contributed by atoms with Crippen molar-refractivity contribution in [1.82, 2.24) is 14.5 Å². The predicted octanol–water partition coefficient (Wildman–Crippen LogP) is 3.04. The number of pyridine rings is 1. The van der Waals surface area contributed by atoms with Crippen LogP contribution in [0.15, 0.2) is 30.6 Å². The second kappa shape index (κ2) is 4.70. The van der Waals surface area contributed by atoms with Crippen molar-refractivity contribution in [2.45, 2.75) is 20.8 Å². The van der Waals surface area contributed by atoms with Crippen molar-refractivity contribution in [3.63, 3.8) is 0 Å². The first-order chi connectivity index (χ1) is 9.95. The molecule has 2 heterocycles. The highest BCUT2D eigenvalue weighted by atomic mass is 16.4. The molecule has 0 atom stereocenters. The number of imidazole rings is 1. The molecule has 0 radical (unpaired) electrons. The molecule has 0 aliphatic carbocycles. The van der Waals surface area contributed by atoms with Crippen LogP contribution < -0.4 is 0 Å². The van der Waals surface area contributed by atoms with E-state index >= 15 is 0 Å². The summed E-state index contributed by atoms with van der Waals surface area (Å²) in [6.45, 7) is 5.87. The van der Waals surface area contributed by atoms with Gasteiger partial charge in [0.25, 0.3) is 0 Å². The van der Waals surface area contributed by atoms with Crippen molar-refractivity contribution < 1.29 is 9.90 Å². The molecule has 0 aliphatic heterocycles. The fourth-order valence-corrected chi connectivity index (χ4v) is 2.34. The predicted molar refractivity (Wildman–Crippen MR) is 80.0 cm³/mol. The quantitative estimate of drug-likeness (QED) is 0.784. The summed E-state index contributed by atoms with van der Waals surface area (Å²) in [6.07, 6.45) is 1.68. The van der Waals surface area contributed by atoms with Gasteiger partial charge in [-0.05, 0) is 56.2 Å². The molecule has 106 valence electrons. The average Bonchev–Trinajstić information content (AvgIpc) is 2.81. The number of benzene rings is 1. The van der Waals surface area contributed by atoms with Gasteiger partial charge in [-0.25, -0.2) is 14.8 Å². The largest absolute Gasteiger partial charge is 0.478 e. The molecule has 0 bridgehead atoms. The Balaban J connectivity index is 2.25.